The highest BCUT2D eigenvalue weighted by molar-refractivity contribution is 7.98. The fraction of sp³-hybridized carbons (Fsp3) is 0.200. The molecule has 0 aliphatic carbocycles. The van der Waals surface area contributed by atoms with Crippen molar-refractivity contribution in [2.75, 3.05) is 19.6 Å². The maximum Gasteiger partial charge on any atom is 0.231 e. The van der Waals surface area contributed by atoms with Gasteiger partial charge in [0.25, 0.3) is 0 Å². The van der Waals surface area contributed by atoms with Gasteiger partial charge in [0.1, 0.15) is 5.75 Å². The van der Waals surface area contributed by atoms with E-state index in [1.165, 1.54) is 5.56 Å². The largest absolute Gasteiger partial charge is 0.497 e. The van der Waals surface area contributed by atoms with Crippen LogP contribution >= 0.6 is 11.8 Å². The molecule has 4 nitrogen and oxygen atoms in total. The Balaban J connectivity index is 1.73. The Bertz CT molecular complexity index is 631. The third-order valence-corrected chi connectivity index (χ3v) is 4.19. The molecule has 0 aromatic heterocycles. The second kappa shape index (κ2) is 5.54. The molecule has 1 heterocycles. The van der Waals surface area contributed by atoms with E-state index >= 15 is 0 Å². The van der Waals surface area contributed by atoms with Crippen LogP contribution in [-0.2, 0) is 5.75 Å². The maximum atomic E-state index is 5.98. The van der Waals surface area contributed by atoms with Gasteiger partial charge in [-0.3, -0.25) is 0 Å². The van der Waals surface area contributed by atoms with Gasteiger partial charge in [-0.05, 0) is 35.9 Å². The summed E-state index contributed by atoms with van der Waals surface area (Å²) >= 11 is 1.67. The van der Waals surface area contributed by atoms with Crippen LogP contribution in [0, 0.1) is 0 Å². The van der Waals surface area contributed by atoms with E-state index in [0.29, 0.717) is 6.79 Å². The third-order valence-electron chi connectivity index (χ3n) is 3.05. The topological polar surface area (TPSA) is 53.7 Å². The Kier molecular flexibility index (Phi) is 3.60. The molecular weight excluding hydrogens is 274 g/mol. The molecule has 2 aromatic carbocycles. The van der Waals surface area contributed by atoms with E-state index in [1.807, 2.05) is 36.4 Å². The summed E-state index contributed by atoms with van der Waals surface area (Å²) < 4.78 is 15.9. The zero-order valence-electron chi connectivity index (χ0n) is 11.1. The summed E-state index contributed by atoms with van der Waals surface area (Å²) in [5.74, 6) is 3.24. The number of thioether (sulfide) groups is 1. The van der Waals surface area contributed by atoms with Gasteiger partial charge in [0.05, 0.1) is 7.11 Å². The first-order valence-corrected chi connectivity index (χ1v) is 7.19. The second-order valence-electron chi connectivity index (χ2n) is 4.38. The number of anilines is 1. The lowest BCUT2D eigenvalue weighted by molar-refractivity contribution is 0.174. The van der Waals surface area contributed by atoms with E-state index in [-0.39, 0.29) is 0 Å². The van der Waals surface area contributed by atoms with Gasteiger partial charge in [-0.2, -0.15) is 0 Å². The fourth-order valence-corrected chi connectivity index (χ4v) is 2.89. The quantitative estimate of drug-likeness (QED) is 0.691. The summed E-state index contributed by atoms with van der Waals surface area (Å²) in [6.45, 7) is 0.300. The van der Waals surface area contributed by atoms with Crippen molar-refractivity contribution in [1.29, 1.82) is 0 Å². The molecular formula is C15H15NO3S. The summed E-state index contributed by atoms with van der Waals surface area (Å²) in [5, 5.41) is 0. The molecule has 104 valence electrons. The maximum absolute atomic E-state index is 5.98. The van der Waals surface area contributed by atoms with Gasteiger partial charge in [-0.25, -0.2) is 0 Å². The number of methoxy groups -OCH3 is 1. The number of hydrogen-bond acceptors (Lipinski definition) is 5. The van der Waals surface area contributed by atoms with Crippen LogP contribution in [0.3, 0.4) is 0 Å². The number of ether oxygens (including phenoxy) is 3. The van der Waals surface area contributed by atoms with E-state index in [1.54, 1.807) is 18.9 Å². The van der Waals surface area contributed by atoms with Crippen LogP contribution in [0.5, 0.6) is 17.2 Å². The lowest BCUT2D eigenvalue weighted by atomic mass is 10.2. The molecule has 0 bridgehead atoms. The summed E-state index contributed by atoms with van der Waals surface area (Å²) in [4.78, 5) is 1.02. The minimum Gasteiger partial charge on any atom is -0.497 e. The van der Waals surface area contributed by atoms with Gasteiger partial charge in [0.15, 0.2) is 11.5 Å². The predicted octanol–water partition coefficient (Wildman–Crippen LogP) is 3.30. The molecule has 0 saturated heterocycles. The smallest absolute Gasteiger partial charge is 0.231 e. The molecule has 0 spiro atoms. The van der Waals surface area contributed by atoms with E-state index in [9.17, 15) is 0 Å². The molecule has 0 fully saturated rings. The molecule has 3 rings (SSSR count). The normalized spacial score (nSPS) is 12.4. The molecule has 20 heavy (non-hydrogen) atoms. The number of benzene rings is 2. The van der Waals surface area contributed by atoms with Crippen LogP contribution in [0.25, 0.3) is 0 Å². The zero-order valence-corrected chi connectivity index (χ0v) is 11.9. The van der Waals surface area contributed by atoms with Gasteiger partial charge in [-0.15, -0.1) is 11.8 Å². The number of nitrogens with two attached hydrogens (primary N) is 1. The first-order chi connectivity index (χ1) is 9.76. The monoisotopic (exact) mass is 289 g/mol. The van der Waals surface area contributed by atoms with Crippen molar-refractivity contribution in [3.8, 4) is 17.2 Å². The van der Waals surface area contributed by atoms with E-state index in [2.05, 4.69) is 0 Å². The van der Waals surface area contributed by atoms with Crippen LogP contribution < -0.4 is 19.9 Å². The highest BCUT2D eigenvalue weighted by Gasteiger charge is 2.13. The first-order valence-electron chi connectivity index (χ1n) is 6.21. The van der Waals surface area contributed by atoms with Gasteiger partial charge in [-0.1, -0.05) is 6.07 Å². The number of rotatable bonds is 4. The molecule has 0 saturated carbocycles. The molecule has 0 amide bonds. The molecule has 2 aromatic rings. The molecule has 0 unspecified atom stereocenters. The Labute approximate surface area is 121 Å². The molecule has 1 aliphatic heterocycles. The average molecular weight is 289 g/mol. The van der Waals surface area contributed by atoms with Crippen molar-refractivity contribution in [1.82, 2.24) is 0 Å². The highest BCUT2D eigenvalue weighted by atomic mass is 32.2. The number of hydrogen-bond donors (Lipinski definition) is 1. The Morgan fingerprint density at radius 1 is 1.15 bits per heavy atom. The molecule has 1 aliphatic rings. The Morgan fingerprint density at radius 2 is 2.00 bits per heavy atom. The van der Waals surface area contributed by atoms with E-state index in [0.717, 1.165) is 33.6 Å². The van der Waals surface area contributed by atoms with Crippen LogP contribution in [0.2, 0.25) is 0 Å². The van der Waals surface area contributed by atoms with E-state index < -0.39 is 0 Å². The van der Waals surface area contributed by atoms with Crippen molar-refractivity contribution < 1.29 is 14.2 Å². The molecule has 5 heteroatoms. The summed E-state index contributed by atoms with van der Waals surface area (Å²) in [5.41, 5.74) is 7.91. The Morgan fingerprint density at radius 3 is 2.85 bits per heavy atom. The van der Waals surface area contributed by atoms with Crippen LogP contribution in [0.1, 0.15) is 5.56 Å². The molecule has 0 atom stereocenters. The van der Waals surface area contributed by atoms with Crippen LogP contribution in [0.15, 0.2) is 41.3 Å². The molecule has 2 N–H and O–H groups in total. The van der Waals surface area contributed by atoms with Gasteiger partial charge >= 0.3 is 0 Å². The summed E-state index contributed by atoms with van der Waals surface area (Å²) in [7, 11) is 1.65. The van der Waals surface area contributed by atoms with Gasteiger partial charge in [0, 0.05) is 16.3 Å². The SMILES string of the molecule is COc1ccc(N)c(SCc2ccc3c(c2)OCO3)c1. The predicted molar refractivity (Wildman–Crippen MR) is 79.5 cm³/mol. The lowest BCUT2D eigenvalue weighted by Gasteiger charge is -2.08. The Hall–Kier alpha value is -2.01. The van der Waals surface area contributed by atoms with Crippen LogP contribution in [0.4, 0.5) is 5.69 Å². The van der Waals surface area contributed by atoms with Crippen molar-refractivity contribution in [3.05, 3.63) is 42.0 Å². The van der Waals surface area contributed by atoms with Gasteiger partial charge in [0.2, 0.25) is 6.79 Å². The average Bonchev–Trinajstić information content (AvgIpc) is 2.94. The summed E-state index contributed by atoms with van der Waals surface area (Å²) in [6, 6.07) is 11.7. The van der Waals surface area contributed by atoms with Crippen LogP contribution in [-0.4, -0.2) is 13.9 Å². The van der Waals surface area contributed by atoms with Crippen molar-refractivity contribution in [3.63, 3.8) is 0 Å². The molecule has 0 radical (unpaired) electrons. The summed E-state index contributed by atoms with van der Waals surface area (Å²) in [6.07, 6.45) is 0. The third kappa shape index (κ3) is 2.63. The van der Waals surface area contributed by atoms with Crippen molar-refractivity contribution in [2.24, 2.45) is 0 Å². The minimum absolute atomic E-state index is 0.300. The van der Waals surface area contributed by atoms with Crippen molar-refractivity contribution in [2.45, 2.75) is 10.6 Å². The van der Waals surface area contributed by atoms with Gasteiger partial charge < -0.3 is 19.9 Å². The first kappa shape index (κ1) is 13.0. The number of fused-ring (bicyclic) bond motifs is 1. The fourth-order valence-electron chi connectivity index (χ4n) is 1.96. The zero-order chi connectivity index (χ0) is 13.9. The van der Waals surface area contributed by atoms with Crippen molar-refractivity contribution >= 4 is 17.4 Å². The standard InChI is InChI=1S/C15H15NO3S/c1-17-11-3-4-12(16)15(7-11)20-8-10-2-5-13-14(6-10)19-9-18-13/h2-7H,8-9,16H2,1H3. The minimum atomic E-state index is 0.300. The second-order valence-corrected chi connectivity index (χ2v) is 5.40. The number of nitrogen functional groups attached to an aromatic ring is 1. The highest BCUT2D eigenvalue weighted by Crippen LogP contribution is 2.36. The lowest BCUT2D eigenvalue weighted by Crippen LogP contribution is -1.93. The van der Waals surface area contributed by atoms with E-state index in [4.69, 9.17) is 19.9 Å².